The van der Waals surface area contributed by atoms with Crippen LogP contribution in [0.4, 0.5) is 0 Å². The molecule has 1 aromatic rings. The summed E-state index contributed by atoms with van der Waals surface area (Å²) in [5.74, 6) is -1.01. The molecule has 0 saturated carbocycles. The maximum absolute atomic E-state index is 11.4. The summed E-state index contributed by atoms with van der Waals surface area (Å²) in [5, 5.41) is 21.1. The Morgan fingerprint density at radius 2 is 2.12 bits per heavy atom. The second kappa shape index (κ2) is 4.56. The maximum atomic E-state index is 11.4. The standard InChI is InChI=1S/C10H6ClNO3S2/c11-5-1-4(2-6(13)8(5)14)3-7-9(15)12-10(16)17-7/h1-3,13-14H,(H,12,15,16)/b7-3+. The lowest BCUT2D eigenvalue weighted by Gasteiger charge is -2.02. The molecular weight excluding hydrogens is 282 g/mol. The highest BCUT2D eigenvalue weighted by Gasteiger charge is 2.22. The fourth-order valence-corrected chi connectivity index (χ4v) is 2.53. The Hall–Kier alpha value is -1.24. The number of aromatic hydroxyl groups is 2. The first-order valence-electron chi connectivity index (χ1n) is 4.43. The van der Waals surface area contributed by atoms with Crippen molar-refractivity contribution >= 4 is 51.9 Å². The second-order valence-corrected chi connectivity index (χ2v) is 5.35. The van der Waals surface area contributed by atoms with Gasteiger partial charge in [0.15, 0.2) is 11.5 Å². The topological polar surface area (TPSA) is 69.6 Å². The Kier molecular flexibility index (Phi) is 3.28. The van der Waals surface area contributed by atoms with Gasteiger partial charge in [-0.1, -0.05) is 35.6 Å². The van der Waals surface area contributed by atoms with Crippen LogP contribution in [0.5, 0.6) is 11.5 Å². The van der Waals surface area contributed by atoms with Gasteiger partial charge in [-0.2, -0.15) is 0 Å². The van der Waals surface area contributed by atoms with Crippen LogP contribution in [0.3, 0.4) is 0 Å². The molecule has 1 aliphatic rings. The number of phenolic OH excluding ortho intramolecular Hbond substituents is 2. The van der Waals surface area contributed by atoms with Crippen molar-refractivity contribution in [3.05, 3.63) is 27.6 Å². The van der Waals surface area contributed by atoms with Gasteiger partial charge in [-0.25, -0.2) is 0 Å². The third-order valence-electron chi connectivity index (χ3n) is 2.01. The summed E-state index contributed by atoms with van der Waals surface area (Å²) >= 11 is 11.7. The van der Waals surface area contributed by atoms with E-state index in [1.807, 2.05) is 0 Å². The highest BCUT2D eigenvalue weighted by molar-refractivity contribution is 8.26. The van der Waals surface area contributed by atoms with E-state index < -0.39 is 0 Å². The summed E-state index contributed by atoms with van der Waals surface area (Å²) in [6.07, 6.45) is 1.53. The zero-order chi connectivity index (χ0) is 12.6. The number of nitrogens with one attached hydrogen (secondary N) is 1. The predicted molar refractivity (Wildman–Crippen MR) is 71.1 cm³/mol. The highest BCUT2D eigenvalue weighted by atomic mass is 35.5. The van der Waals surface area contributed by atoms with E-state index in [1.54, 1.807) is 0 Å². The molecule has 0 bridgehead atoms. The Morgan fingerprint density at radius 1 is 1.41 bits per heavy atom. The van der Waals surface area contributed by atoms with Gasteiger partial charge >= 0.3 is 0 Å². The van der Waals surface area contributed by atoms with Crippen molar-refractivity contribution in [2.75, 3.05) is 0 Å². The van der Waals surface area contributed by atoms with Crippen LogP contribution in [0.15, 0.2) is 17.0 Å². The van der Waals surface area contributed by atoms with Crippen molar-refractivity contribution in [2.24, 2.45) is 0 Å². The quantitative estimate of drug-likeness (QED) is 0.420. The largest absolute Gasteiger partial charge is 0.504 e. The summed E-state index contributed by atoms with van der Waals surface area (Å²) in [7, 11) is 0. The number of rotatable bonds is 1. The Bertz CT molecular complexity index is 533. The number of amides is 1. The Morgan fingerprint density at radius 3 is 2.65 bits per heavy atom. The average molecular weight is 288 g/mol. The van der Waals surface area contributed by atoms with Gasteiger partial charge in [-0.3, -0.25) is 4.79 Å². The number of hydrogen-bond donors (Lipinski definition) is 3. The maximum Gasteiger partial charge on any atom is 0.263 e. The highest BCUT2D eigenvalue weighted by Crippen LogP contribution is 2.35. The molecule has 1 aliphatic heterocycles. The van der Waals surface area contributed by atoms with E-state index in [1.165, 1.54) is 18.2 Å². The van der Waals surface area contributed by atoms with Gasteiger partial charge in [0, 0.05) is 0 Å². The molecule has 1 heterocycles. The molecule has 0 atom stereocenters. The van der Waals surface area contributed by atoms with E-state index in [0.29, 0.717) is 14.8 Å². The summed E-state index contributed by atoms with van der Waals surface area (Å²) in [6.45, 7) is 0. The van der Waals surface area contributed by atoms with Gasteiger partial charge in [0.05, 0.1) is 9.93 Å². The average Bonchev–Trinajstić information content (AvgIpc) is 2.54. The number of thiocarbonyl (C=S) groups is 1. The first kappa shape index (κ1) is 12.2. The molecule has 0 unspecified atom stereocenters. The van der Waals surface area contributed by atoms with Crippen molar-refractivity contribution in [3.8, 4) is 11.5 Å². The van der Waals surface area contributed by atoms with Crippen molar-refractivity contribution in [3.63, 3.8) is 0 Å². The molecule has 0 radical (unpaired) electrons. The molecule has 17 heavy (non-hydrogen) atoms. The molecule has 3 N–H and O–H groups in total. The number of carbonyl (C=O) groups excluding carboxylic acids is 1. The summed E-state index contributed by atoms with van der Waals surface area (Å²) < 4.78 is 0.385. The van der Waals surface area contributed by atoms with E-state index in [9.17, 15) is 15.0 Å². The lowest BCUT2D eigenvalue weighted by molar-refractivity contribution is -0.115. The zero-order valence-electron chi connectivity index (χ0n) is 8.23. The van der Waals surface area contributed by atoms with Gasteiger partial charge < -0.3 is 15.5 Å². The van der Waals surface area contributed by atoms with E-state index in [0.717, 1.165) is 11.8 Å². The third-order valence-corrected chi connectivity index (χ3v) is 3.46. The summed E-state index contributed by atoms with van der Waals surface area (Å²) in [5.41, 5.74) is 0.507. The Balaban J connectivity index is 2.40. The van der Waals surface area contributed by atoms with Gasteiger partial charge in [-0.05, 0) is 23.8 Å². The number of halogens is 1. The van der Waals surface area contributed by atoms with E-state index in [-0.39, 0.29) is 22.4 Å². The molecular formula is C10H6ClNO3S2. The zero-order valence-corrected chi connectivity index (χ0v) is 10.6. The molecule has 1 fully saturated rings. The second-order valence-electron chi connectivity index (χ2n) is 3.22. The molecule has 0 aliphatic carbocycles. The van der Waals surface area contributed by atoms with Crippen molar-refractivity contribution < 1.29 is 15.0 Å². The normalized spacial score (nSPS) is 17.6. The van der Waals surface area contributed by atoms with Crippen molar-refractivity contribution in [1.82, 2.24) is 5.32 Å². The molecule has 0 aromatic heterocycles. The number of hydrogen-bond acceptors (Lipinski definition) is 5. The monoisotopic (exact) mass is 287 g/mol. The molecule has 2 rings (SSSR count). The molecule has 7 heteroatoms. The first-order valence-corrected chi connectivity index (χ1v) is 6.04. The number of benzene rings is 1. The fraction of sp³-hybridized carbons (Fsp3) is 0. The van der Waals surface area contributed by atoms with Crippen LogP contribution < -0.4 is 5.32 Å². The van der Waals surface area contributed by atoms with Crippen LogP contribution in [0.1, 0.15) is 5.56 Å². The molecule has 4 nitrogen and oxygen atoms in total. The van der Waals surface area contributed by atoms with Crippen molar-refractivity contribution in [2.45, 2.75) is 0 Å². The van der Waals surface area contributed by atoms with Crippen LogP contribution in [0, 0.1) is 0 Å². The summed E-state index contributed by atoms with van der Waals surface area (Å²) in [6, 6.07) is 2.75. The third kappa shape index (κ3) is 2.54. The lowest BCUT2D eigenvalue weighted by atomic mass is 10.2. The van der Waals surface area contributed by atoms with E-state index in [4.69, 9.17) is 23.8 Å². The minimum absolute atomic E-state index is 0.0165. The van der Waals surface area contributed by atoms with E-state index in [2.05, 4.69) is 5.32 Å². The summed E-state index contributed by atoms with van der Waals surface area (Å²) in [4.78, 5) is 11.8. The molecule has 0 spiro atoms. The number of thioether (sulfide) groups is 1. The van der Waals surface area contributed by atoms with Crippen molar-refractivity contribution in [1.29, 1.82) is 0 Å². The van der Waals surface area contributed by atoms with Crippen LogP contribution >= 0.6 is 35.6 Å². The predicted octanol–water partition coefficient (Wildman–Crippen LogP) is 2.24. The number of carbonyl (C=O) groups is 1. The minimum atomic E-state index is -0.382. The Labute approximate surface area is 111 Å². The molecule has 88 valence electrons. The van der Waals surface area contributed by atoms with E-state index >= 15 is 0 Å². The molecule has 1 amide bonds. The first-order chi connectivity index (χ1) is 7.97. The fourth-order valence-electron chi connectivity index (χ4n) is 1.26. The molecule has 1 aromatic carbocycles. The minimum Gasteiger partial charge on any atom is -0.504 e. The van der Waals surface area contributed by atoms with Gasteiger partial charge in [0.25, 0.3) is 5.91 Å². The number of phenols is 2. The molecule has 1 saturated heterocycles. The lowest BCUT2D eigenvalue weighted by Crippen LogP contribution is -2.17. The van der Waals surface area contributed by atoms with Crippen LogP contribution in [-0.2, 0) is 4.79 Å². The van der Waals surface area contributed by atoms with Gasteiger partial charge in [0.1, 0.15) is 4.32 Å². The smallest absolute Gasteiger partial charge is 0.263 e. The van der Waals surface area contributed by atoms with Gasteiger partial charge in [0.2, 0.25) is 0 Å². The van der Waals surface area contributed by atoms with Crippen LogP contribution in [-0.4, -0.2) is 20.4 Å². The van der Waals surface area contributed by atoms with Crippen LogP contribution in [0.2, 0.25) is 5.02 Å². The van der Waals surface area contributed by atoms with Crippen LogP contribution in [0.25, 0.3) is 6.08 Å². The SMILES string of the molecule is O=C1NC(=S)S/C1=C/c1cc(O)c(O)c(Cl)c1. The van der Waals surface area contributed by atoms with Gasteiger partial charge in [-0.15, -0.1) is 0 Å².